The Bertz CT molecular complexity index is 1190. The van der Waals surface area contributed by atoms with E-state index in [-0.39, 0.29) is 11.4 Å². The zero-order valence-electron chi connectivity index (χ0n) is 16.5. The maximum atomic E-state index is 13.2. The van der Waals surface area contributed by atoms with Crippen molar-refractivity contribution in [3.63, 3.8) is 0 Å². The van der Waals surface area contributed by atoms with Crippen LogP contribution in [0, 0.1) is 0 Å². The van der Waals surface area contributed by atoms with Gasteiger partial charge in [-0.2, -0.15) is 13.2 Å². The minimum Gasteiger partial charge on any atom is -0.325 e. The number of nitrogens with one attached hydrogen (secondary N) is 1. The molecule has 10 heteroatoms. The molecule has 0 aliphatic heterocycles. The number of nitrogens with zero attached hydrogens (tertiary/aromatic N) is 3. The van der Waals surface area contributed by atoms with Crippen molar-refractivity contribution in [3.05, 3.63) is 83.2 Å². The molecule has 4 aromatic rings. The zero-order chi connectivity index (χ0) is 22.6. The SMILES string of the molecule is O=C(CSc1nnc(-c2cccs2)n1Cc1ccccc1)Nc1ccccc1C(F)(F)F. The molecule has 0 radical (unpaired) electrons. The van der Waals surface area contributed by atoms with Gasteiger partial charge in [0.2, 0.25) is 5.91 Å². The monoisotopic (exact) mass is 474 g/mol. The normalized spacial score (nSPS) is 11.5. The summed E-state index contributed by atoms with van der Waals surface area (Å²) in [4.78, 5) is 13.3. The third-order valence-corrected chi connectivity index (χ3v) is 6.31. The molecule has 2 heterocycles. The van der Waals surface area contributed by atoms with Gasteiger partial charge in [-0.1, -0.05) is 60.3 Å². The minimum absolute atomic E-state index is 0.108. The first-order valence-electron chi connectivity index (χ1n) is 9.51. The Balaban J connectivity index is 1.52. The first kappa shape index (κ1) is 22.1. The standard InChI is InChI=1S/C22H17F3N4OS2/c23-22(24,25)16-9-4-5-10-17(16)26-19(30)14-32-21-28-27-20(18-11-6-12-31-18)29(21)13-15-7-2-1-3-8-15/h1-12H,13-14H2,(H,26,30). The van der Waals surface area contributed by atoms with Crippen LogP contribution in [0.5, 0.6) is 0 Å². The molecule has 0 aliphatic rings. The fraction of sp³-hybridized carbons (Fsp3) is 0.136. The van der Waals surface area contributed by atoms with Crippen LogP contribution in [0.3, 0.4) is 0 Å². The number of hydrogen-bond acceptors (Lipinski definition) is 5. The molecule has 2 aromatic heterocycles. The second-order valence-electron chi connectivity index (χ2n) is 6.74. The van der Waals surface area contributed by atoms with E-state index < -0.39 is 17.6 Å². The van der Waals surface area contributed by atoms with E-state index in [0.717, 1.165) is 28.3 Å². The number of carbonyl (C=O) groups is 1. The number of alkyl halides is 3. The Morgan fingerprint density at radius 3 is 2.47 bits per heavy atom. The Morgan fingerprint density at radius 1 is 1.00 bits per heavy atom. The van der Waals surface area contributed by atoms with Gasteiger partial charge in [0, 0.05) is 0 Å². The summed E-state index contributed by atoms with van der Waals surface area (Å²) < 4.78 is 41.4. The van der Waals surface area contributed by atoms with Crippen molar-refractivity contribution in [3.8, 4) is 10.7 Å². The topological polar surface area (TPSA) is 59.8 Å². The molecule has 1 N–H and O–H groups in total. The van der Waals surface area contributed by atoms with E-state index in [9.17, 15) is 18.0 Å². The summed E-state index contributed by atoms with van der Waals surface area (Å²) in [7, 11) is 0. The van der Waals surface area contributed by atoms with Gasteiger partial charge in [0.25, 0.3) is 0 Å². The molecular formula is C22H17F3N4OS2. The largest absolute Gasteiger partial charge is 0.418 e. The van der Waals surface area contributed by atoms with Gasteiger partial charge in [0.15, 0.2) is 11.0 Å². The second kappa shape index (κ2) is 9.58. The summed E-state index contributed by atoms with van der Waals surface area (Å²) in [5.41, 5.74) is -0.114. The molecule has 2 aromatic carbocycles. The summed E-state index contributed by atoms with van der Waals surface area (Å²) in [6.07, 6.45) is -4.55. The Labute approximate surface area is 190 Å². The number of halogens is 3. The number of para-hydroxylation sites is 1. The average Bonchev–Trinajstić information content (AvgIpc) is 3.43. The lowest BCUT2D eigenvalue weighted by molar-refractivity contribution is -0.137. The molecule has 0 saturated carbocycles. The third-order valence-electron chi connectivity index (χ3n) is 4.48. The number of carbonyl (C=O) groups excluding carboxylic acids is 1. The van der Waals surface area contributed by atoms with Crippen LogP contribution in [-0.4, -0.2) is 26.4 Å². The smallest absolute Gasteiger partial charge is 0.325 e. The molecule has 5 nitrogen and oxygen atoms in total. The van der Waals surface area contributed by atoms with Gasteiger partial charge >= 0.3 is 6.18 Å². The van der Waals surface area contributed by atoms with E-state index in [1.807, 2.05) is 52.4 Å². The maximum absolute atomic E-state index is 13.2. The van der Waals surface area contributed by atoms with Crippen LogP contribution in [0.2, 0.25) is 0 Å². The van der Waals surface area contributed by atoms with Gasteiger partial charge in [0.05, 0.1) is 28.4 Å². The van der Waals surface area contributed by atoms with Crippen molar-refractivity contribution in [1.29, 1.82) is 0 Å². The maximum Gasteiger partial charge on any atom is 0.418 e. The number of thiophene rings is 1. The molecule has 0 spiro atoms. The van der Waals surface area contributed by atoms with Crippen LogP contribution in [0.15, 0.2) is 77.3 Å². The summed E-state index contributed by atoms with van der Waals surface area (Å²) >= 11 is 2.65. The number of benzene rings is 2. The number of hydrogen-bond donors (Lipinski definition) is 1. The molecule has 0 unspecified atom stereocenters. The second-order valence-corrected chi connectivity index (χ2v) is 8.63. The van der Waals surface area contributed by atoms with Crippen molar-refractivity contribution >= 4 is 34.7 Å². The number of anilines is 1. The van der Waals surface area contributed by atoms with Gasteiger partial charge in [-0.15, -0.1) is 21.5 Å². The number of amides is 1. The predicted octanol–water partition coefficient (Wildman–Crippen LogP) is 5.80. The molecule has 32 heavy (non-hydrogen) atoms. The highest BCUT2D eigenvalue weighted by Gasteiger charge is 2.33. The number of aromatic nitrogens is 3. The van der Waals surface area contributed by atoms with Gasteiger partial charge in [-0.05, 0) is 29.1 Å². The van der Waals surface area contributed by atoms with E-state index in [2.05, 4.69) is 15.5 Å². The molecule has 1 amide bonds. The fourth-order valence-electron chi connectivity index (χ4n) is 3.05. The summed E-state index contributed by atoms with van der Waals surface area (Å²) in [5, 5.41) is 13.3. The van der Waals surface area contributed by atoms with Gasteiger partial charge < -0.3 is 5.32 Å². The molecular weight excluding hydrogens is 457 g/mol. The molecule has 4 rings (SSSR count). The molecule has 0 fully saturated rings. The minimum atomic E-state index is -4.55. The first-order chi connectivity index (χ1) is 15.4. The van der Waals surface area contributed by atoms with E-state index in [1.165, 1.54) is 29.5 Å². The van der Waals surface area contributed by atoms with Crippen LogP contribution < -0.4 is 5.32 Å². The van der Waals surface area contributed by atoms with E-state index in [0.29, 0.717) is 17.5 Å². The van der Waals surface area contributed by atoms with Crippen molar-refractivity contribution in [2.45, 2.75) is 17.9 Å². The van der Waals surface area contributed by atoms with Crippen molar-refractivity contribution in [2.24, 2.45) is 0 Å². The molecule has 0 aliphatic carbocycles. The highest BCUT2D eigenvalue weighted by atomic mass is 32.2. The quantitative estimate of drug-likeness (QED) is 0.344. The first-order valence-corrected chi connectivity index (χ1v) is 11.4. The number of rotatable bonds is 7. The lowest BCUT2D eigenvalue weighted by Gasteiger charge is -2.13. The molecule has 0 atom stereocenters. The highest BCUT2D eigenvalue weighted by molar-refractivity contribution is 7.99. The van der Waals surface area contributed by atoms with E-state index >= 15 is 0 Å². The lowest BCUT2D eigenvalue weighted by atomic mass is 10.1. The zero-order valence-corrected chi connectivity index (χ0v) is 18.2. The van der Waals surface area contributed by atoms with Crippen LogP contribution in [0.25, 0.3) is 10.7 Å². The summed E-state index contributed by atoms with van der Waals surface area (Å²) in [5.74, 6) is 0.0108. The van der Waals surface area contributed by atoms with Crippen LogP contribution >= 0.6 is 23.1 Å². The van der Waals surface area contributed by atoms with Crippen LogP contribution in [-0.2, 0) is 17.5 Å². The van der Waals surface area contributed by atoms with Gasteiger partial charge in [-0.3, -0.25) is 9.36 Å². The predicted molar refractivity (Wildman–Crippen MR) is 120 cm³/mol. The average molecular weight is 475 g/mol. The number of thioether (sulfide) groups is 1. The third kappa shape index (κ3) is 5.20. The molecule has 0 bridgehead atoms. The fourth-order valence-corrected chi connectivity index (χ4v) is 4.50. The summed E-state index contributed by atoms with van der Waals surface area (Å²) in [6.45, 7) is 0.502. The Kier molecular flexibility index (Phi) is 6.61. The van der Waals surface area contributed by atoms with E-state index in [4.69, 9.17) is 0 Å². The summed E-state index contributed by atoms with van der Waals surface area (Å²) in [6, 6.07) is 18.5. The highest BCUT2D eigenvalue weighted by Crippen LogP contribution is 2.35. The van der Waals surface area contributed by atoms with Crippen LogP contribution in [0.4, 0.5) is 18.9 Å². The Hall–Kier alpha value is -3.11. The molecule has 0 saturated heterocycles. The van der Waals surface area contributed by atoms with Gasteiger partial charge in [0.1, 0.15) is 0 Å². The Morgan fingerprint density at radius 2 is 1.75 bits per heavy atom. The molecule has 164 valence electrons. The van der Waals surface area contributed by atoms with Crippen LogP contribution in [0.1, 0.15) is 11.1 Å². The van der Waals surface area contributed by atoms with Crippen molar-refractivity contribution in [1.82, 2.24) is 14.8 Å². The van der Waals surface area contributed by atoms with Gasteiger partial charge in [-0.25, -0.2) is 0 Å². The van der Waals surface area contributed by atoms with Crippen molar-refractivity contribution in [2.75, 3.05) is 11.1 Å². The van der Waals surface area contributed by atoms with E-state index in [1.54, 1.807) is 0 Å². The van der Waals surface area contributed by atoms with Crippen molar-refractivity contribution < 1.29 is 18.0 Å². The lowest BCUT2D eigenvalue weighted by Crippen LogP contribution is -2.18.